The van der Waals surface area contributed by atoms with Crippen molar-refractivity contribution in [1.29, 1.82) is 0 Å². The molecule has 0 spiro atoms. The van der Waals surface area contributed by atoms with Gasteiger partial charge >= 0.3 is 0 Å². The van der Waals surface area contributed by atoms with Crippen molar-refractivity contribution in [2.75, 3.05) is 33.5 Å². The Kier molecular flexibility index (Phi) is 6.79. The van der Waals surface area contributed by atoms with Gasteiger partial charge in [0.25, 0.3) is 0 Å². The molecule has 1 N–H and O–H groups in total. The van der Waals surface area contributed by atoms with E-state index in [2.05, 4.69) is 56.2 Å². The number of benzene rings is 2. The summed E-state index contributed by atoms with van der Waals surface area (Å²) in [5, 5.41) is 1.07. The number of pyridine rings is 1. The van der Waals surface area contributed by atoms with Crippen molar-refractivity contribution in [1.82, 2.24) is 9.97 Å². The van der Waals surface area contributed by atoms with Gasteiger partial charge in [-0.3, -0.25) is 0 Å². The first-order valence-electron chi connectivity index (χ1n) is 9.79. The summed E-state index contributed by atoms with van der Waals surface area (Å²) in [4.78, 5) is 8.04. The third-order valence-electron chi connectivity index (χ3n) is 4.75. The lowest BCUT2D eigenvalue weighted by molar-refractivity contribution is 0.0544. The summed E-state index contributed by atoms with van der Waals surface area (Å²) in [6, 6.07) is 20.5. The van der Waals surface area contributed by atoms with E-state index in [1.165, 1.54) is 0 Å². The molecule has 0 radical (unpaired) electrons. The molecule has 0 aliphatic carbocycles. The van der Waals surface area contributed by atoms with E-state index < -0.39 is 0 Å². The molecule has 5 nitrogen and oxygen atoms in total. The highest BCUT2D eigenvalue weighted by atomic mass is 79.9. The molecule has 0 unspecified atom stereocenters. The number of ether oxygens (including phenoxy) is 3. The van der Waals surface area contributed by atoms with Gasteiger partial charge < -0.3 is 19.2 Å². The molecular formula is C24H23BrN2O3. The molecule has 0 bridgehead atoms. The number of hydrogen-bond acceptors (Lipinski definition) is 4. The minimum atomic E-state index is 0.502. The highest BCUT2D eigenvalue weighted by Crippen LogP contribution is 2.39. The molecule has 0 aliphatic rings. The molecule has 154 valence electrons. The lowest BCUT2D eigenvalue weighted by Crippen LogP contribution is -2.09. The van der Waals surface area contributed by atoms with Crippen LogP contribution >= 0.6 is 15.9 Å². The summed E-state index contributed by atoms with van der Waals surface area (Å²) < 4.78 is 17.1. The predicted molar refractivity (Wildman–Crippen MR) is 123 cm³/mol. The summed E-state index contributed by atoms with van der Waals surface area (Å²) >= 11 is 3.55. The number of fused-ring (bicyclic) bond motifs is 1. The van der Waals surface area contributed by atoms with Crippen LogP contribution in [0.1, 0.15) is 0 Å². The summed E-state index contributed by atoms with van der Waals surface area (Å²) in [5.41, 5.74) is 5.26. The van der Waals surface area contributed by atoms with Crippen molar-refractivity contribution in [2.45, 2.75) is 0 Å². The van der Waals surface area contributed by atoms with E-state index in [-0.39, 0.29) is 0 Å². The smallest absolute Gasteiger partial charge is 0.138 e. The molecule has 0 fully saturated rings. The Bertz CT molecular complexity index is 1090. The average molecular weight is 467 g/mol. The second kappa shape index (κ2) is 9.89. The van der Waals surface area contributed by atoms with Gasteiger partial charge in [0.15, 0.2) is 0 Å². The molecule has 0 saturated carbocycles. The maximum absolute atomic E-state index is 5.79. The van der Waals surface area contributed by atoms with Crippen LogP contribution in [-0.2, 0) is 9.47 Å². The lowest BCUT2D eigenvalue weighted by atomic mass is 9.99. The van der Waals surface area contributed by atoms with E-state index >= 15 is 0 Å². The van der Waals surface area contributed by atoms with Crippen LogP contribution in [0, 0.1) is 0 Å². The number of methoxy groups -OCH3 is 1. The summed E-state index contributed by atoms with van der Waals surface area (Å²) in [6.45, 7) is 2.20. The molecule has 0 amide bonds. The van der Waals surface area contributed by atoms with Crippen LogP contribution in [0.3, 0.4) is 0 Å². The number of H-pyrrole nitrogens is 1. The van der Waals surface area contributed by atoms with Gasteiger partial charge in [0, 0.05) is 28.7 Å². The fourth-order valence-electron chi connectivity index (χ4n) is 3.35. The maximum atomic E-state index is 5.79. The van der Waals surface area contributed by atoms with E-state index in [0.29, 0.717) is 26.4 Å². The molecule has 0 aliphatic heterocycles. The van der Waals surface area contributed by atoms with Gasteiger partial charge in [0.2, 0.25) is 0 Å². The Morgan fingerprint density at radius 2 is 1.67 bits per heavy atom. The normalized spacial score (nSPS) is 11.1. The van der Waals surface area contributed by atoms with E-state index in [1.54, 1.807) is 7.11 Å². The topological polar surface area (TPSA) is 56.4 Å². The maximum Gasteiger partial charge on any atom is 0.138 e. The summed E-state index contributed by atoms with van der Waals surface area (Å²) in [7, 11) is 1.66. The van der Waals surface area contributed by atoms with Crippen molar-refractivity contribution >= 4 is 27.0 Å². The number of aromatic amines is 1. The Hall–Kier alpha value is -2.67. The third kappa shape index (κ3) is 4.73. The number of halogens is 1. The number of nitrogens with one attached hydrogen (secondary N) is 1. The van der Waals surface area contributed by atoms with Crippen molar-refractivity contribution < 1.29 is 14.2 Å². The van der Waals surface area contributed by atoms with E-state index in [9.17, 15) is 0 Å². The molecule has 4 aromatic rings. The van der Waals surface area contributed by atoms with E-state index in [1.807, 2.05) is 36.5 Å². The zero-order chi connectivity index (χ0) is 20.8. The van der Waals surface area contributed by atoms with Gasteiger partial charge in [-0.15, -0.1) is 0 Å². The van der Waals surface area contributed by atoms with Crippen LogP contribution in [0.2, 0.25) is 0 Å². The van der Waals surface area contributed by atoms with Gasteiger partial charge in [-0.05, 0) is 45.3 Å². The summed E-state index contributed by atoms with van der Waals surface area (Å²) in [6.07, 6.45) is 1.81. The monoisotopic (exact) mass is 466 g/mol. The van der Waals surface area contributed by atoms with Gasteiger partial charge in [-0.25, -0.2) is 4.98 Å². The van der Waals surface area contributed by atoms with Gasteiger partial charge in [-0.1, -0.05) is 42.5 Å². The van der Waals surface area contributed by atoms with Gasteiger partial charge in [0.05, 0.1) is 25.5 Å². The molecule has 4 rings (SSSR count). The quantitative estimate of drug-likeness (QED) is 0.321. The van der Waals surface area contributed by atoms with Crippen LogP contribution < -0.4 is 4.74 Å². The van der Waals surface area contributed by atoms with Crippen LogP contribution in [-0.4, -0.2) is 43.5 Å². The predicted octanol–water partition coefficient (Wildman–Crippen LogP) is 5.70. The average Bonchev–Trinajstić information content (AvgIpc) is 3.16. The van der Waals surface area contributed by atoms with Crippen molar-refractivity contribution in [3.05, 3.63) is 71.3 Å². The molecule has 0 atom stereocenters. The van der Waals surface area contributed by atoms with Gasteiger partial charge in [-0.2, -0.15) is 0 Å². The zero-order valence-electron chi connectivity index (χ0n) is 16.7. The summed E-state index contributed by atoms with van der Waals surface area (Å²) in [5.74, 6) is 0.814. The highest BCUT2D eigenvalue weighted by molar-refractivity contribution is 9.10. The standard InChI is InChI=1S/C24H23BrN2O3/c1-28-11-12-29-13-14-30-20-9-7-17(8-10-20)22-21-15-19(25)16-26-24(21)27-23(22)18-5-3-2-4-6-18/h2-10,15-16H,11-14H2,1H3,(H,26,27). The molecular weight excluding hydrogens is 444 g/mol. The molecule has 6 heteroatoms. The SMILES string of the molecule is COCCOCCOc1ccc(-c2c(-c3ccccc3)[nH]c3ncc(Br)cc23)cc1. The minimum Gasteiger partial charge on any atom is -0.491 e. The van der Waals surface area contributed by atoms with E-state index in [0.717, 1.165) is 43.6 Å². The molecule has 2 aromatic heterocycles. The first kappa shape index (κ1) is 20.6. The molecule has 2 heterocycles. The Morgan fingerprint density at radius 1 is 0.900 bits per heavy atom. The van der Waals surface area contributed by atoms with Crippen LogP contribution in [0.5, 0.6) is 5.75 Å². The number of nitrogens with zero attached hydrogens (tertiary/aromatic N) is 1. The molecule has 30 heavy (non-hydrogen) atoms. The third-order valence-corrected chi connectivity index (χ3v) is 5.18. The van der Waals surface area contributed by atoms with Crippen LogP contribution in [0.15, 0.2) is 71.3 Å². The van der Waals surface area contributed by atoms with Crippen molar-refractivity contribution in [3.63, 3.8) is 0 Å². The Balaban J connectivity index is 1.60. The first-order valence-corrected chi connectivity index (χ1v) is 10.6. The van der Waals surface area contributed by atoms with Crippen molar-refractivity contribution in [2.24, 2.45) is 0 Å². The van der Waals surface area contributed by atoms with Gasteiger partial charge in [0.1, 0.15) is 18.0 Å². The Morgan fingerprint density at radius 3 is 2.43 bits per heavy atom. The Labute approximate surface area is 184 Å². The number of aromatic nitrogens is 2. The minimum absolute atomic E-state index is 0.502. The van der Waals surface area contributed by atoms with Crippen molar-refractivity contribution in [3.8, 4) is 28.1 Å². The lowest BCUT2D eigenvalue weighted by Gasteiger charge is -2.09. The largest absolute Gasteiger partial charge is 0.491 e. The molecule has 0 saturated heterocycles. The number of rotatable bonds is 9. The highest BCUT2D eigenvalue weighted by Gasteiger charge is 2.16. The second-order valence-corrected chi connectivity index (χ2v) is 7.68. The second-order valence-electron chi connectivity index (χ2n) is 6.77. The fourth-order valence-corrected chi connectivity index (χ4v) is 3.68. The van der Waals surface area contributed by atoms with Crippen LogP contribution in [0.4, 0.5) is 0 Å². The number of hydrogen-bond donors (Lipinski definition) is 1. The first-order chi connectivity index (χ1) is 14.8. The fraction of sp³-hybridized carbons (Fsp3) is 0.208. The zero-order valence-corrected chi connectivity index (χ0v) is 18.3. The van der Waals surface area contributed by atoms with Crippen LogP contribution in [0.25, 0.3) is 33.4 Å². The van der Waals surface area contributed by atoms with E-state index in [4.69, 9.17) is 14.2 Å². The molecule has 2 aromatic carbocycles.